The van der Waals surface area contributed by atoms with Crippen LogP contribution in [-0.4, -0.2) is 24.3 Å². The molecular weight excluding hydrogens is 178 g/mol. The third-order valence-electron chi connectivity index (χ3n) is 2.48. The van der Waals surface area contributed by atoms with Gasteiger partial charge in [0.15, 0.2) is 5.76 Å². The van der Waals surface area contributed by atoms with Crippen molar-refractivity contribution in [3.05, 3.63) is 35.9 Å². The largest absolute Gasteiger partial charge is 0.461 e. The van der Waals surface area contributed by atoms with Gasteiger partial charge in [0.2, 0.25) is 5.78 Å². The highest BCUT2D eigenvalue weighted by Crippen LogP contribution is 2.19. The molecular formula is C11H13NO2. The lowest BCUT2D eigenvalue weighted by Gasteiger charge is -2.11. The average Bonchev–Trinajstić information content (AvgIpc) is 2.77. The Bertz CT molecular complexity index is 351. The van der Waals surface area contributed by atoms with Crippen LogP contribution in [0.1, 0.15) is 23.4 Å². The lowest BCUT2D eigenvalue weighted by Crippen LogP contribution is -2.11. The van der Waals surface area contributed by atoms with Crippen LogP contribution in [0.4, 0.5) is 0 Å². The van der Waals surface area contributed by atoms with E-state index >= 15 is 0 Å². The number of hydrogen-bond acceptors (Lipinski definition) is 3. The summed E-state index contributed by atoms with van der Waals surface area (Å²) in [6.07, 6.45) is 5.31. The highest BCUT2D eigenvalue weighted by atomic mass is 16.3. The van der Waals surface area contributed by atoms with Crippen molar-refractivity contribution in [2.24, 2.45) is 0 Å². The van der Waals surface area contributed by atoms with Crippen LogP contribution in [-0.2, 0) is 0 Å². The van der Waals surface area contributed by atoms with Crippen molar-refractivity contribution in [1.82, 2.24) is 4.90 Å². The Hall–Kier alpha value is -1.51. The number of hydrogen-bond donors (Lipinski definition) is 0. The summed E-state index contributed by atoms with van der Waals surface area (Å²) in [5, 5.41) is 0. The van der Waals surface area contributed by atoms with Gasteiger partial charge in [0.25, 0.3) is 0 Å². The van der Waals surface area contributed by atoms with Gasteiger partial charge >= 0.3 is 0 Å². The van der Waals surface area contributed by atoms with Gasteiger partial charge in [-0.2, -0.15) is 0 Å². The fourth-order valence-corrected chi connectivity index (χ4v) is 1.66. The number of allylic oxidation sites excluding steroid dienone is 2. The Morgan fingerprint density at radius 1 is 1.64 bits per heavy atom. The molecule has 3 heteroatoms. The lowest BCUT2D eigenvalue weighted by molar-refractivity contribution is 0.101. The molecule has 1 fully saturated rings. The Balaban J connectivity index is 2.14. The molecule has 14 heavy (non-hydrogen) atoms. The zero-order valence-corrected chi connectivity index (χ0v) is 8.19. The van der Waals surface area contributed by atoms with E-state index in [1.807, 2.05) is 7.05 Å². The predicted molar refractivity (Wildman–Crippen MR) is 53.0 cm³/mol. The Morgan fingerprint density at radius 2 is 2.50 bits per heavy atom. The van der Waals surface area contributed by atoms with Gasteiger partial charge in [0.1, 0.15) is 0 Å². The number of rotatable bonds is 2. The summed E-state index contributed by atoms with van der Waals surface area (Å²) in [7, 11) is 2.01. The summed E-state index contributed by atoms with van der Waals surface area (Å²) in [5.74, 6) is 0.372. The van der Waals surface area contributed by atoms with E-state index in [2.05, 4.69) is 4.90 Å². The van der Waals surface area contributed by atoms with E-state index in [4.69, 9.17) is 4.42 Å². The average molecular weight is 191 g/mol. The maximum Gasteiger partial charge on any atom is 0.222 e. The van der Waals surface area contributed by atoms with Gasteiger partial charge < -0.3 is 9.32 Å². The molecule has 0 amide bonds. The van der Waals surface area contributed by atoms with E-state index in [9.17, 15) is 4.79 Å². The second kappa shape index (κ2) is 3.70. The molecule has 0 aliphatic carbocycles. The minimum absolute atomic E-state index is 0.0428. The number of likely N-dealkylation sites (tertiary alicyclic amines) is 1. The second-order valence-electron chi connectivity index (χ2n) is 3.50. The summed E-state index contributed by atoms with van der Waals surface area (Å²) < 4.78 is 5.03. The van der Waals surface area contributed by atoms with Crippen LogP contribution >= 0.6 is 0 Å². The fourth-order valence-electron chi connectivity index (χ4n) is 1.66. The molecule has 1 aliphatic heterocycles. The van der Waals surface area contributed by atoms with Crippen LogP contribution in [0.2, 0.25) is 0 Å². The van der Waals surface area contributed by atoms with Crippen molar-refractivity contribution in [3.8, 4) is 0 Å². The van der Waals surface area contributed by atoms with Gasteiger partial charge in [-0.3, -0.25) is 4.79 Å². The van der Waals surface area contributed by atoms with Gasteiger partial charge in [0.05, 0.1) is 6.26 Å². The summed E-state index contributed by atoms with van der Waals surface area (Å²) >= 11 is 0. The first kappa shape index (κ1) is 9.06. The monoisotopic (exact) mass is 191 g/mol. The molecule has 0 unspecified atom stereocenters. The highest BCUT2D eigenvalue weighted by molar-refractivity contribution is 6.02. The molecule has 1 aromatic rings. The molecule has 0 spiro atoms. The molecule has 3 nitrogen and oxygen atoms in total. The van der Waals surface area contributed by atoms with E-state index in [0.717, 1.165) is 25.1 Å². The van der Waals surface area contributed by atoms with Crippen LogP contribution in [0, 0.1) is 0 Å². The number of carbonyl (C=O) groups is 1. The molecule has 0 radical (unpaired) electrons. The van der Waals surface area contributed by atoms with Crippen molar-refractivity contribution in [2.75, 3.05) is 13.6 Å². The highest BCUT2D eigenvalue weighted by Gasteiger charge is 2.15. The zero-order valence-electron chi connectivity index (χ0n) is 8.19. The van der Waals surface area contributed by atoms with E-state index in [-0.39, 0.29) is 5.78 Å². The molecule has 0 atom stereocenters. The van der Waals surface area contributed by atoms with Crippen molar-refractivity contribution in [3.63, 3.8) is 0 Å². The predicted octanol–water partition coefficient (Wildman–Crippen LogP) is 2.07. The maximum absolute atomic E-state index is 11.6. The summed E-state index contributed by atoms with van der Waals surface area (Å²) in [4.78, 5) is 13.7. The zero-order chi connectivity index (χ0) is 9.97. The normalized spacial score (nSPS) is 19.2. The quantitative estimate of drug-likeness (QED) is 0.530. The Morgan fingerprint density at radius 3 is 3.07 bits per heavy atom. The number of nitrogens with zero attached hydrogens (tertiary/aromatic N) is 1. The second-order valence-corrected chi connectivity index (χ2v) is 3.50. The van der Waals surface area contributed by atoms with E-state index < -0.39 is 0 Å². The lowest BCUT2D eigenvalue weighted by atomic mass is 10.2. The number of ketones is 1. The van der Waals surface area contributed by atoms with Crippen LogP contribution in [0.15, 0.2) is 34.6 Å². The van der Waals surface area contributed by atoms with Gasteiger partial charge in [-0.1, -0.05) is 0 Å². The van der Waals surface area contributed by atoms with Crippen molar-refractivity contribution >= 4 is 5.78 Å². The van der Waals surface area contributed by atoms with E-state index in [1.54, 1.807) is 18.2 Å². The van der Waals surface area contributed by atoms with Gasteiger partial charge in [0, 0.05) is 25.4 Å². The molecule has 1 aromatic heterocycles. The Kier molecular flexibility index (Phi) is 2.39. The first-order valence-corrected chi connectivity index (χ1v) is 4.77. The van der Waals surface area contributed by atoms with Crippen LogP contribution in [0.25, 0.3) is 0 Å². The van der Waals surface area contributed by atoms with Gasteiger partial charge in [-0.25, -0.2) is 0 Å². The SMILES string of the molecule is CN1CCCC1=CC(=O)c1ccco1. The van der Waals surface area contributed by atoms with E-state index in [0.29, 0.717) is 5.76 Å². The van der Waals surface area contributed by atoms with Crippen LogP contribution in [0.5, 0.6) is 0 Å². The summed E-state index contributed by atoms with van der Waals surface area (Å²) in [6.45, 7) is 1.04. The first-order valence-electron chi connectivity index (χ1n) is 4.77. The third-order valence-corrected chi connectivity index (χ3v) is 2.48. The topological polar surface area (TPSA) is 33.5 Å². The van der Waals surface area contributed by atoms with Gasteiger partial charge in [-0.05, 0) is 25.0 Å². The molecule has 0 N–H and O–H groups in total. The minimum Gasteiger partial charge on any atom is -0.461 e. The van der Waals surface area contributed by atoms with Gasteiger partial charge in [-0.15, -0.1) is 0 Å². The molecule has 0 bridgehead atoms. The smallest absolute Gasteiger partial charge is 0.222 e. The molecule has 2 rings (SSSR count). The van der Waals surface area contributed by atoms with Crippen molar-refractivity contribution < 1.29 is 9.21 Å². The molecule has 2 heterocycles. The number of furan rings is 1. The third kappa shape index (κ3) is 1.71. The molecule has 74 valence electrons. The first-order chi connectivity index (χ1) is 6.77. The summed E-state index contributed by atoms with van der Waals surface area (Å²) in [6, 6.07) is 3.42. The molecule has 0 saturated carbocycles. The van der Waals surface area contributed by atoms with E-state index in [1.165, 1.54) is 6.26 Å². The molecule has 0 aromatic carbocycles. The summed E-state index contributed by atoms with van der Waals surface area (Å²) in [5.41, 5.74) is 1.10. The van der Waals surface area contributed by atoms with Crippen LogP contribution < -0.4 is 0 Å². The standard InChI is InChI=1S/C11H13NO2/c1-12-6-2-4-9(12)8-10(13)11-5-3-7-14-11/h3,5,7-8H,2,4,6H2,1H3. The maximum atomic E-state index is 11.6. The van der Waals surface area contributed by atoms with Crippen LogP contribution in [0.3, 0.4) is 0 Å². The molecule has 1 aliphatic rings. The Labute approximate surface area is 83.0 Å². The molecule has 1 saturated heterocycles. The number of carbonyl (C=O) groups excluding carboxylic acids is 1. The minimum atomic E-state index is -0.0428. The van der Waals surface area contributed by atoms with Crippen molar-refractivity contribution in [2.45, 2.75) is 12.8 Å². The van der Waals surface area contributed by atoms with Crippen molar-refractivity contribution in [1.29, 1.82) is 0 Å². The fraction of sp³-hybridized carbons (Fsp3) is 0.364.